The van der Waals surface area contributed by atoms with Gasteiger partial charge in [-0.2, -0.15) is 0 Å². The molecule has 1 heteroatoms. The number of nitrogens with one attached hydrogen (secondary N) is 1. The summed E-state index contributed by atoms with van der Waals surface area (Å²) in [6, 6.07) is 8.40. The van der Waals surface area contributed by atoms with Crippen molar-refractivity contribution in [3.8, 4) is 0 Å². The van der Waals surface area contributed by atoms with Crippen LogP contribution in [0, 0.1) is 5.92 Å². The average molecular weight is 281 g/mol. The Bertz CT molecular complexity index is 599. The standard InChI is InChI=1S/C10H11N.C10H16/c1-2-8-7-11-10-6-4-3-5-9(8)10;1-5-7-10(6-2)8-9(3)4/h3-7,11H,2H2,1H3;5-7,9H,1-2,8H2,3-4H3/b;10-7+. The van der Waals surface area contributed by atoms with Crippen LogP contribution < -0.4 is 0 Å². The first kappa shape index (κ1) is 17.0. The SMILES string of the molecule is C=C/C=C(\C=C)CC(C)C.CCc1c[nH]c2ccccc12. The maximum Gasteiger partial charge on any atom is 0.0456 e. The summed E-state index contributed by atoms with van der Waals surface area (Å²) in [6.45, 7) is 13.9. The zero-order valence-electron chi connectivity index (χ0n) is 13.5. The van der Waals surface area contributed by atoms with Crippen molar-refractivity contribution in [3.63, 3.8) is 0 Å². The maximum absolute atomic E-state index is 3.72. The van der Waals surface area contributed by atoms with Gasteiger partial charge in [0.05, 0.1) is 0 Å². The molecular weight excluding hydrogens is 254 g/mol. The Labute approximate surface area is 129 Å². The number of fused-ring (bicyclic) bond motifs is 1. The smallest absolute Gasteiger partial charge is 0.0456 e. The van der Waals surface area contributed by atoms with Crippen molar-refractivity contribution >= 4 is 10.9 Å². The summed E-state index contributed by atoms with van der Waals surface area (Å²) in [6.07, 6.45) is 9.98. The molecule has 21 heavy (non-hydrogen) atoms. The minimum atomic E-state index is 0.698. The van der Waals surface area contributed by atoms with Gasteiger partial charge in [0.2, 0.25) is 0 Å². The molecule has 1 heterocycles. The summed E-state index contributed by atoms with van der Waals surface area (Å²) >= 11 is 0. The van der Waals surface area contributed by atoms with Gasteiger partial charge in [-0.1, -0.05) is 70.4 Å². The Hall–Kier alpha value is -2.02. The molecule has 0 aliphatic carbocycles. The molecule has 1 aromatic heterocycles. The number of para-hydroxylation sites is 1. The Balaban J connectivity index is 0.000000212. The van der Waals surface area contributed by atoms with E-state index in [0.29, 0.717) is 5.92 Å². The third kappa shape index (κ3) is 5.47. The zero-order valence-corrected chi connectivity index (χ0v) is 13.5. The van der Waals surface area contributed by atoms with Crippen LogP contribution in [0.3, 0.4) is 0 Å². The molecule has 0 radical (unpaired) electrons. The van der Waals surface area contributed by atoms with Crippen molar-refractivity contribution in [2.45, 2.75) is 33.6 Å². The average Bonchev–Trinajstić information content (AvgIpc) is 2.90. The summed E-state index contributed by atoms with van der Waals surface area (Å²) in [7, 11) is 0. The van der Waals surface area contributed by atoms with Gasteiger partial charge in [0.1, 0.15) is 0 Å². The molecule has 0 aliphatic rings. The Morgan fingerprint density at radius 2 is 1.95 bits per heavy atom. The van der Waals surface area contributed by atoms with Crippen LogP contribution in [0.25, 0.3) is 10.9 Å². The highest BCUT2D eigenvalue weighted by molar-refractivity contribution is 5.82. The van der Waals surface area contributed by atoms with E-state index in [0.717, 1.165) is 12.8 Å². The van der Waals surface area contributed by atoms with Gasteiger partial charge in [0, 0.05) is 17.1 Å². The number of hydrogen-bond donors (Lipinski definition) is 1. The molecule has 0 aliphatic heterocycles. The van der Waals surface area contributed by atoms with Crippen LogP contribution in [0.2, 0.25) is 0 Å². The normalized spacial score (nSPS) is 11.1. The van der Waals surface area contributed by atoms with Crippen molar-refractivity contribution in [1.82, 2.24) is 4.98 Å². The first-order chi connectivity index (χ1) is 10.1. The third-order valence-corrected chi connectivity index (χ3v) is 3.29. The molecule has 1 aromatic carbocycles. The molecule has 0 spiro atoms. The largest absolute Gasteiger partial charge is 0.361 e. The number of hydrogen-bond acceptors (Lipinski definition) is 0. The van der Waals surface area contributed by atoms with Crippen LogP contribution in [0.4, 0.5) is 0 Å². The number of allylic oxidation sites excluding steroid dienone is 4. The van der Waals surface area contributed by atoms with Crippen molar-refractivity contribution in [3.05, 3.63) is 73.0 Å². The lowest BCUT2D eigenvalue weighted by Crippen LogP contribution is -1.87. The van der Waals surface area contributed by atoms with Crippen molar-refractivity contribution in [1.29, 1.82) is 0 Å². The van der Waals surface area contributed by atoms with Gasteiger partial charge in [-0.05, 0) is 36.0 Å². The molecular formula is C20H27N. The molecule has 0 bridgehead atoms. The quantitative estimate of drug-likeness (QED) is 0.641. The highest BCUT2D eigenvalue weighted by Gasteiger charge is 1.98. The van der Waals surface area contributed by atoms with Crippen LogP contribution in [-0.4, -0.2) is 4.98 Å². The van der Waals surface area contributed by atoms with Gasteiger partial charge in [-0.25, -0.2) is 0 Å². The summed E-state index contributed by atoms with van der Waals surface area (Å²) in [5.74, 6) is 0.698. The number of H-pyrrole nitrogens is 1. The fourth-order valence-electron chi connectivity index (χ4n) is 2.27. The van der Waals surface area contributed by atoms with Gasteiger partial charge in [0.15, 0.2) is 0 Å². The van der Waals surface area contributed by atoms with Gasteiger partial charge in [-0.15, -0.1) is 0 Å². The first-order valence-electron chi connectivity index (χ1n) is 7.61. The van der Waals surface area contributed by atoms with Crippen LogP contribution >= 0.6 is 0 Å². The molecule has 2 rings (SSSR count). The van der Waals surface area contributed by atoms with Crippen LogP contribution in [0.1, 0.15) is 32.8 Å². The van der Waals surface area contributed by atoms with E-state index in [2.05, 4.69) is 69.4 Å². The van der Waals surface area contributed by atoms with E-state index < -0.39 is 0 Å². The minimum absolute atomic E-state index is 0.698. The van der Waals surface area contributed by atoms with E-state index in [-0.39, 0.29) is 0 Å². The number of aryl methyl sites for hydroxylation is 1. The highest BCUT2D eigenvalue weighted by atomic mass is 14.7. The maximum atomic E-state index is 3.72. The van der Waals surface area contributed by atoms with Crippen molar-refractivity contribution in [2.75, 3.05) is 0 Å². The molecule has 0 amide bonds. The predicted molar refractivity (Wildman–Crippen MR) is 95.6 cm³/mol. The lowest BCUT2D eigenvalue weighted by molar-refractivity contribution is 0.650. The topological polar surface area (TPSA) is 15.8 Å². The highest BCUT2D eigenvalue weighted by Crippen LogP contribution is 2.17. The Morgan fingerprint density at radius 3 is 2.52 bits per heavy atom. The second kappa shape index (κ2) is 9.02. The summed E-state index contributed by atoms with van der Waals surface area (Å²) in [5.41, 5.74) is 3.91. The summed E-state index contributed by atoms with van der Waals surface area (Å²) in [5, 5.41) is 1.36. The second-order valence-electron chi connectivity index (χ2n) is 5.49. The van der Waals surface area contributed by atoms with Gasteiger partial charge >= 0.3 is 0 Å². The van der Waals surface area contributed by atoms with E-state index in [4.69, 9.17) is 0 Å². The molecule has 1 N–H and O–H groups in total. The monoisotopic (exact) mass is 281 g/mol. The van der Waals surface area contributed by atoms with E-state index in [1.165, 1.54) is 22.0 Å². The van der Waals surface area contributed by atoms with Gasteiger partial charge < -0.3 is 4.98 Å². The van der Waals surface area contributed by atoms with E-state index in [1.54, 1.807) is 6.08 Å². The van der Waals surface area contributed by atoms with Crippen molar-refractivity contribution < 1.29 is 0 Å². The van der Waals surface area contributed by atoms with Gasteiger partial charge in [0.25, 0.3) is 0 Å². The molecule has 0 saturated carbocycles. The van der Waals surface area contributed by atoms with Crippen molar-refractivity contribution in [2.24, 2.45) is 5.92 Å². The van der Waals surface area contributed by atoms with Crippen LogP contribution in [0.15, 0.2) is 67.4 Å². The summed E-state index contributed by atoms with van der Waals surface area (Å²) < 4.78 is 0. The number of benzene rings is 1. The number of aromatic nitrogens is 1. The van der Waals surface area contributed by atoms with E-state index >= 15 is 0 Å². The lowest BCUT2D eigenvalue weighted by Gasteiger charge is -2.03. The molecule has 0 saturated heterocycles. The predicted octanol–water partition coefficient (Wildman–Crippen LogP) is 6.06. The fourth-order valence-corrected chi connectivity index (χ4v) is 2.27. The Kier molecular flexibility index (Phi) is 7.31. The fraction of sp³-hybridized carbons (Fsp3) is 0.300. The van der Waals surface area contributed by atoms with E-state index in [9.17, 15) is 0 Å². The second-order valence-corrected chi connectivity index (χ2v) is 5.49. The minimum Gasteiger partial charge on any atom is -0.361 e. The zero-order chi connectivity index (χ0) is 15.7. The molecule has 0 unspecified atom stereocenters. The molecule has 1 nitrogen and oxygen atoms in total. The molecule has 112 valence electrons. The molecule has 0 fully saturated rings. The van der Waals surface area contributed by atoms with Crippen LogP contribution in [-0.2, 0) is 6.42 Å². The summed E-state index contributed by atoms with van der Waals surface area (Å²) in [4.78, 5) is 3.24. The third-order valence-electron chi connectivity index (χ3n) is 3.29. The lowest BCUT2D eigenvalue weighted by atomic mass is 10.0. The van der Waals surface area contributed by atoms with Crippen LogP contribution in [0.5, 0.6) is 0 Å². The first-order valence-corrected chi connectivity index (χ1v) is 7.61. The van der Waals surface area contributed by atoms with Gasteiger partial charge in [-0.3, -0.25) is 0 Å². The molecule has 0 atom stereocenters. The van der Waals surface area contributed by atoms with E-state index in [1.807, 2.05) is 12.2 Å². The Morgan fingerprint density at radius 1 is 1.24 bits per heavy atom. The number of rotatable bonds is 5. The molecule has 2 aromatic rings. The number of aromatic amines is 1.